The molecule has 1 N–H and O–H groups in total. The summed E-state index contributed by atoms with van der Waals surface area (Å²) < 4.78 is 25.1. The van der Waals surface area contributed by atoms with Crippen LogP contribution in [0.5, 0.6) is 0 Å². The molecule has 1 heterocycles. The van der Waals surface area contributed by atoms with E-state index in [1.807, 2.05) is 18.7 Å². The van der Waals surface area contributed by atoms with Crippen molar-refractivity contribution in [2.45, 2.75) is 20.3 Å². The number of aromatic nitrogens is 3. The quantitative estimate of drug-likeness (QED) is 0.784. The van der Waals surface area contributed by atoms with Crippen molar-refractivity contribution in [2.75, 3.05) is 42.6 Å². The third-order valence-electron chi connectivity index (χ3n) is 2.64. The molecular weight excluding hydrogens is 292 g/mol. The van der Waals surface area contributed by atoms with Gasteiger partial charge in [-0.25, -0.2) is 8.78 Å². The molecule has 0 amide bonds. The highest BCUT2D eigenvalue weighted by atomic mass is 35.5. The molecular formula is C11H18ClF2N5O. The second-order valence-electron chi connectivity index (χ2n) is 3.94. The van der Waals surface area contributed by atoms with Crippen molar-refractivity contribution in [3.05, 3.63) is 5.28 Å². The molecule has 114 valence electrons. The summed E-state index contributed by atoms with van der Waals surface area (Å²) in [6.07, 6.45) is -2.56. The Hall–Kier alpha value is -1.28. The number of aliphatic hydroxyl groups excluding tert-OH is 1. The van der Waals surface area contributed by atoms with Gasteiger partial charge in [-0.3, -0.25) is 0 Å². The van der Waals surface area contributed by atoms with E-state index in [0.717, 1.165) is 0 Å². The van der Waals surface area contributed by atoms with Gasteiger partial charge in [-0.15, -0.1) is 0 Å². The molecule has 6 nitrogen and oxygen atoms in total. The first-order valence-corrected chi connectivity index (χ1v) is 6.70. The van der Waals surface area contributed by atoms with Crippen LogP contribution in [-0.2, 0) is 0 Å². The predicted molar refractivity (Wildman–Crippen MR) is 73.7 cm³/mol. The number of nitrogens with zero attached hydrogens (tertiary/aromatic N) is 5. The van der Waals surface area contributed by atoms with Gasteiger partial charge in [-0.05, 0) is 25.4 Å². The summed E-state index contributed by atoms with van der Waals surface area (Å²) >= 11 is 5.82. The van der Waals surface area contributed by atoms with Crippen molar-refractivity contribution in [3.8, 4) is 0 Å². The molecule has 0 atom stereocenters. The Kier molecular flexibility index (Phi) is 6.80. The van der Waals surface area contributed by atoms with Crippen molar-refractivity contribution < 1.29 is 13.9 Å². The number of aliphatic hydroxyl groups is 1. The summed E-state index contributed by atoms with van der Waals surface area (Å²) in [7, 11) is 0. The van der Waals surface area contributed by atoms with E-state index in [1.165, 1.54) is 4.90 Å². The molecule has 1 rings (SSSR count). The highest BCUT2D eigenvalue weighted by Gasteiger charge is 2.18. The first-order chi connectivity index (χ1) is 9.51. The standard InChI is InChI=1S/C11H18ClF2N5O/c1-3-18(4-2)10-15-9(12)16-11(17-10)19(5-6-20)7-8(13)14/h8,20H,3-7H2,1-2H3. The van der Waals surface area contributed by atoms with Gasteiger partial charge in [0, 0.05) is 19.6 Å². The predicted octanol–water partition coefficient (Wildman–Crippen LogP) is 1.43. The van der Waals surface area contributed by atoms with Crippen LogP contribution in [0, 0.1) is 0 Å². The molecule has 9 heteroatoms. The van der Waals surface area contributed by atoms with E-state index in [1.54, 1.807) is 0 Å². The van der Waals surface area contributed by atoms with Gasteiger partial charge in [0.1, 0.15) is 0 Å². The Balaban J connectivity index is 3.08. The summed E-state index contributed by atoms with van der Waals surface area (Å²) in [4.78, 5) is 15.0. The second kappa shape index (κ2) is 8.11. The van der Waals surface area contributed by atoms with Crippen LogP contribution in [0.4, 0.5) is 20.7 Å². The minimum atomic E-state index is -2.56. The van der Waals surface area contributed by atoms with Crippen LogP contribution in [0.25, 0.3) is 0 Å². The Morgan fingerprint density at radius 1 is 1.10 bits per heavy atom. The van der Waals surface area contributed by atoms with Gasteiger partial charge >= 0.3 is 0 Å². The molecule has 1 aromatic heterocycles. The minimum Gasteiger partial charge on any atom is -0.395 e. The van der Waals surface area contributed by atoms with E-state index in [9.17, 15) is 8.78 Å². The lowest BCUT2D eigenvalue weighted by atomic mass is 10.5. The molecule has 0 radical (unpaired) electrons. The van der Waals surface area contributed by atoms with Crippen molar-refractivity contribution in [1.29, 1.82) is 0 Å². The number of halogens is 3. The fourth-order valence-corrected chi connectivity index (χ4v) is 1.83. The van der Waals surface area contributed by atoms with Gasteiger partial charge in [0.15, 0.2) is 0 Å². The van der Waals surface area contributed by atoms with Crippen LogP contribution in [0.1, 0.15) is 13.8 Å². The van der Waals surface area contributed by atoms with Crippen molar-refractivity contribution in [1.82, 2.24) is 15.0 Å². The van der Waals surface area contributed by atoms with Crippen LogP contribution in [0.15, 0.2) is 0 Å². The topological polar surface area (TPSA) is 65.4 Å². The summed E-state index contributed by atoms with van der Waals surface area (Å²) in [6, 6.07) is 0. The fourth-order valence-electron chi connectivity index (χ4n) is 1.68. The lowest BCUT2D eigenvalue weighted by Crippen LogP contribution is -2.34. The van der Waals surface area contributed by atoms with E-state index < -0.39 is 13.0 Å². The molecule has 0 aliphatic rings. The summed E-state index contributed by atoms with van der Waals surface area (Å²) in [5, 5.41) is 8.89. The molecule has 0 spiro atoms. The van der Waals surface area contributed by atoms with Crippen molar-refractivity contribution in [3.63, 3.8) is 0 Å². The molecule has 0 aliphatic heterocycles. The molecule has 0 saturated carbocycles. The monoisotopic (exact) mass is 309 g/mol. The molecule has 1 aromatic rings. The minimum absolute atomic E-state index is 0.00235. The first-order valence-electron chi connectivity index (χ1n) is 6.32. The van der Waals surface area contributed by atoms with Gasteiger partial charge in [0.05, 0.1) is 13.2 Å². The van der Waals surface area contributed by atoms with E-state index in [-0.39, 0.29) is 24.4 Å². The van der Waals surface area contributed by atoms with Crippen LogP contribution in [-0.4, -0.2) is 59.3 Å². The Morgan fingerprint density at radius 2 is 1.65 bits per heavy atom. The summed E-state index contributed by atoms with van der Waals surface area (Å²) in [5.74, 6) is 0.378. The molecule has 0 aromatic carbocycles. The number of rotatable bonds is 8. The molecule has 0 fully saturated rings. The van der Waals surface area contributed by atoms with Crippen molar-refractivity contribution in [2.24, 2.45) is 0 Å². The molecule has 20 heavy (non-hydrogen) atoms. The van der Waals surface area contributed by atoms with Gasteiger partial charge in [-0.1, -0.05) is 0 Å². The Labute approximate surface area is 121 Å². The number of anilines is 2. The van der Waals surface area contributed by atoms with Crippen LogP contribution < -0.4 is 9.80 Å². The Bertz CT molecular complexity index is 420. The molecule has 0 aliphatic carbocycles. The smallest absolute Gasteiger partial charge is 0.255 e. The first kappa shape index (κ1) is 16.8. The maximum absolute atomic E-state index is 12.5. The summed E-state index contributed by atoms with van der Waals surface area (Å²) in [6.45, 7) is 4.31. The van der Waals surface area contributed by atoms with Crippen LogP contribution >= 0.6 is 11.6 Å². The Morgan fingerprint density at radius 3 is 2.10 bits per heavy atom. The highest BCUT2D eigenvalue weighted by Crippen LogP contribution is 2.17. The zero-order chi connectivity index (χ0) is 15.1. The number of alkyl halides is 2. The van der Waals surface area contributed by atoms with E-state index in [4.69, 9.17) is 16.7 Å². The third kappa shape index (κ3) is 4.68. The van der Waals surface area contributed by atoms with E-state index >= 15 is 0 Å². The largest absolute Gasteiger partial charge is 0.395 e. The highest BCUT2D eigenvalue weighted by molar-refractivity contribution is 6.28. The number of hydrogen-bond donors (Lipinski definition) is 1. The summed E-state index contributed by atoms with van der Waals surface area (Å²) in [5.41, 5.74) is 0. The number of hydrogen-bond acceptors (Lipinski definition) is 6. The lowest BCUT2D eigenvalue weighted by Gasteiger charge is -2.24. The van der Waals surface area contributed by atoms with E-state index in [2.05, 4.69) is 15.0 Å². The average molecular weight is 310 g/mol. The van der Waals surface area contributed by atoms with Gasteiger partial charge in [0.2, 0.25) is 17.2 Å². The van der Waals surface area contributed by atoms with Gasteiger partial charge < -0.3 is 14.9 Å². The van der Waals surface area contributed by atoms with E-state index in [0.29, 0.717) is 19.0 Å². The van der Waals surface area contributed by atoms with Crippen LogP contribution in [0.2, 0.25) is 5.28 Å². The molecule has 0 unspecified atom stereocenters. The second-order valence-corrected chi connectivity index (χ2v) is 4.28. The average Bonchev–Trinajstić information content (AvgIpc) is 2.38. The van der Waals surface area contributed by atoms with Gasteiger partial charge in [0.25, 0.3) is 6.43 Å². The fraction of sp³-hybridized carbons (Fsp3) is 0.727. The lowest BCUT2D eigenvalue weighted by molar-refractivity contribution is 0.152. The SMILES string of the molecule is CCN(CC)c1nc(Cl)nc(N(CCO)CC(F)F)n1. The maximum atomic E-state index is 12.5. The van der Waals surface area contributed by atoms with Gasteiger partial charge in [-0.2, -0.15) is 15.0 Å². The third-order valence-corrected chi connectivity index (χ3v) is 2.81. The molecule has 0 saturated heterocycles. The zero-order valence-corrected chi connectivity index (χ0v) is 12.2. The van der Waals surface area contributed by atoms with Crippen molar-refractivity contribution >= 4 is 23.5 Å². The maximum Gasteiger partial charge on any atom is 0.255 e. The normalized spacial score (nSPS) is 10.9. The van der Waals surface area contributed by atoms with Crippen LogP contribution in [0.3, 0.4) is 0 Å². The zero-order valence-electron chi connectivity index (χ0n) is 11.4. The molecule has 0 bridgehead atoms.